The van der Waals surface area contributed by atoms with Crippen molar-refractivity contribution in [3.8, 4) is 11.1 Å². The lowest BCUT2D eigenvalue weighted by Crippen LogP contribution is -2.11. The Morgan fingerprint density at radius 2 is 2.00 bits per heavy atom. The molecule has 0 amide bonds. The fourth-order valence-electron chi connectivity index (χ4n) is 2.06. The van der Waals surface area contributed by atoms with Crippen LogP contribution in [0.4, 0.5) is 0 Å². The molecule has 0 saturated carbocycles. The van der Waals surface area contributed by atoms with Gasteiger partial charge in [0.2, 0.25) is 0 Å². The van der Waals surface area contributed by atoms with Gasteiger partial charge in [0.1, 0.15) is 4.99 Å². The third kappa shape index (κ3) is 2.08. The van der Waals surface area contributed by atoms with E-state index in [0.29, 0.717) is 22.0 Å². The van der Waals surface area contributed by atoms with E-state index in [1.54, 1.807) is 10.6 Å². The Kier molecular flexibility index (Phi) is 3.04. The zero-order valence-electron chi connectivity index (χ0n) is 10.7. The van der Waals surface area contributed by atoms with Gasteiger partial charge in [-0.25, -0.2) is 9.50 Å². The number of rotatable bonds is 3. The Morgan fingerprint density at radius 3 is 2.65 bits per heavy atom. The molecule has 0 bridgehead atoms. The molecule has 0 aliphatic heterocycles. The summed E-state index contributed by atoms with van der Waals surface area (Å²) in [7, 11) is 0. The molecule has 3 rings (SSSR count). The lowest BCUT2D eigenvalue weighted by atomic mass is 10.1. The second-order valence-electron chi connectivity index (χ2n) is 4.32. The van der Waals surface area contributed by atoms with E-state index in [0.717, 1.165) is 11.1 Å². The smallest absolute Gasteiger partial charge is 0.174 e. The van der Waals surface area contributed by atoms with Crippen molar-refractivity contribution in [2.75, 3.05) is 0 Å². The number of hydrogen-bond donors (Lipinski definition) is 1. The monoisotopic (exact) mass is 280 g/mol. The molecule has 98 valence electrons. The molecular weight excluding hydrogens is 268 g/mol. The molecule has 4 nitrogen and oxygen atoms in total. The molecule has 0 saturated heterocycles. The third-order valence-corrected chi connectivity index (χ3v) is 3.22. The minimum atomic E-state index is 0.302. The van der Waals surface area contributed by atoms with Crippen molar-refractivity contribution < 1.29 is 0 Å². The van der Waals surface area contributed by atoms with Gasteiger partial charge < -0.3 is 5.73 Å². The van der Waals surface area contributed by atoms with Gasteiger partial charge in [0, 0.05) is 11.8 Å². The quantitative estimate of drug-likeness (QED) is 0.749. The van der Waals surface area contributed by atoms with E-state index < -0.39 is 0 Å². The molecule has 5 heteroatoms. The number of aromatic nitrogens is 3. The number of pyridine rings is 1. The minimum absolute atomic E-state index is 0.302. The van der Waals surface area contributed by atoms with Gasteiger partial charge in [-0.3, -0.25) is 0 Å². The summed E-state index contributed by atoms with van der Waals surface area (Å²) < 4.78 is 1.69. The van der Waals surface area contributed by atoms with Crippen LogP contribution in [0.1, 0.15) is 11.4 Å². The van der Waals surface area contributed by atoms with E-state index in [4.69, 9.17) is 18.0 Å². The highest BCUT2D eigenvalue weighted by Gasteiger charge is 2.11. The van der Waals surface area contributed by atoms with E-state index in [9.17, 15) is 0 Å². The first-order chi connectivity index (χ1) is 9.69. The van der Waals surface area contributed by atoms with Crippen molar-refractivity contribution in [2.45, 2.75) is 0 Å². The number of hydrogen-bond acceptors (Lipinski definition) is 3. The average molecular weight is 280 g/mol. The lowest BCUT2D eigenvalue weighted by molar-refractivity contribution is 0.954. The van der Waals surface area contributed by atoms with Crippen LogP contribution >= 0.6 is 12.2 Å². The Balaban J connectivity index is 2.30. The maximum atomic E-state index is 5.80. The largest absolute Gasteiger partial charge is 0.389 e. The highest BCUT2D eigenvalue weighted by atomic mass is 32.1. The molecule has 0 unspecified atom stereocenters. The predicted molar refractivity (Wildman–Crippen MR) is 84.4 cm³/mol. The minimum Gasteiger partial charge on any atom is -0.389 e. The Hall–Kier alpha value is -2.53. The van der Waals surface area contributed by atoms with E-state index in [1.807, 2.05) is 42.6 Å². The van der Waals surface area contributed by atoms with Crippen molar-refractivity contribution in [2.24, 2.45) is 5.73 Å². The van der Waals surface area contributed by atoms with E-state index in [2.05, 4.69) is 16.7 Å². The Labute approximate surface area is 121 Å². The standard InChI is InChI=1S/C15H12N4S/c1-2-13-17-15-12(14(16)20)8-11(9-19(15)18-13)10-6-4-3-5-7-10/h2-9H,1H2,(H2,16,20). The topological polar surface area (TPSA) is 56.2 Å². The molecule has 0 fully saturated rings. The van der Waals surface area contributed by atoms with Gasteiger partial charge in [0.25, 0.3) is 0 Å². The predicted octanol–water partition coefficient (Wildman–Crippen LogP) is 2.67. The average Bonchev–Trinajstić information content (AvgIpc) is 2.89. The molecule has 2 aromatic heterocycles. The van der Waals surface area contributed by atoms with Gasteiger partial charge in [0.05, 0.1) is 5.56 Å². The summed E-state index contributed by atoms with van der Waals surface area (Å²) in [6, 6.07) is 11.9. The summed E-state index contributed by atoms with van der Waals surface area (Å²) in [5, 5.41) is 4.33. The van der Waals surface area contributed by atoms with Crippen LogP contribution in [0.2, 0.25) is 0 Å². The third-order valence-electron chi connectivity index (χ3n) is 3.00. The summed E-state index contributed by atoms with van der Waals surface area (Å²) in [5.41, 5.74) is 9.22. The molecule has 0 aliphatic carbocycles. The summed E-state index contributed by atoms with van der Waals surface area (Å²) in [6.07, 6.45) is 3.50. The second kappa shape index (κ2) is 4.86. The maximum absolute atomic E-state index is 5.80. The molecule has 2 heterocycles. The van der Waals surface area contributed by atoms with Crippen LogP contribution in [0.3, 0.4) is 0 Å². The summed E-state index contributed by atoms with van der Waals surface area (Å²) >= 11 is 5.12. The molecule has 0 radical (unpaired) electrons. The highest BCUT2D eigenvalue weighted by molar-refractivity contribution is 7.80. The normalized spacial score (nSPS) is 10.6. The number of thiocarbonyl (C=S) groups is 1. The molecule has 0 atom stereocenters. The first kappa shape index (κ1) is 12.5. The zero-order chi connectivity index (χ0) is 14.1. The van der Waals surface area contributed by atoms with Crippen LogP contribution in [-0.2, 0) is 0 Å². The first-order valence-electron chi connectivity index (χ1n) is 6.07. The van der Waals surface area contributed by atoms with Gasteiger partial charge in [0.15, 0.2) is 11.5 Å². The molecule has 3 aromatic rings. The molecule has 1 aromatic carbocycles. The van der Waals surface area contributed by atoms with Gasteiger partial charge in [-0.2, -0.15) is 0 Å². The summed E-state index contributed by atoms with van der Waals surface area (Å²) in [5.74, 6) is 0.549. The molecule has 0 spiro atoms. The maximum Gasteiger partial charge on any atom is 0.174 e. The van der Waals surface area contributed by atoms with Gasteiger partial charge >= 0.3 is 0 Å². The highest BCUT2D eigenvalue weighted by Crippen LogP contribution is 2.22. The number of nitrogens with zero attached hydrogens (tertiary/aromatic N) is 3. The van der Waals surface area contributed by atoms with Crippen LogP contribution in [0.25, 0.3) is 22.9 Å². The van der Waals surface area contributed by atoms with Crippen LogP contribution < -0.4 is 5.73 Å². The van der Waals surface area contributed by atoms with Crippen molar-refractivity contribution in [3.63, 3.8) is 0 Å². The van der Waals surface area contributed by atoms with Crippen molar-refractivity contribution in [1.29, 1.82) is 0 Å². The van der Waals surface area contributed by atoms with Gasteiger partial charge in [-0.1, -0.05) is 49.1 Å². The number of fused-ring (bicyclic) bond motifs is 1. The van der Waals surface area contributed by atoms with Crippen molar-refractivity contribution in [1.82, 2.24) is 14.6 Å². The SMILES string of the molecule is C=Cc1nc2c(C(N)=S)cc(-c3ccccc3)cn2n1. The Bertz CT molecular complexity index is 805. The summed E-state index contributed by atoms with van der Waals surface area (Å²) in [4.78, 5) is 4.66. The van der Waals surface area contributed by atoms with E-state index in [-0.39, 0.29) is 0 Å². The van der Waals surface area contributed by atoms with Crippen LogP contribution in [-0.4, -0.2) is 19.6 Å². The molecule has 2 N–H and O–H groups in total. The fraction of sp³-hybridized carbons (Fsp3) is 0. The van der Waals surface area contributed by atoms with Crippen molar-refractivity contribution in [3.05, 3.63) is 60.6 Å². The van der Waals surface area contributed by atoms with E-state index >= 15 is 0 Å². The van der Waals surface area contributed by atoms with Gasteiger partial charge in [-0.15, -0.1) is 5.10 Å². The first-order valence-corrected chi connectivity index (χ1v) is 6.48. The lowest BCUT2D eigenvalue weighted by Gasteiger charge is -2.06. The zero-order valence-corrected chi connectivity index (χ0v) is 11.5. The summed E-state index contributed by atoms with van der Waals surface area (Å²) in [6.45, 7) is 3.68. The van der Waals surface area contributed by atoms with Crippen molar-refractivity contribution >= 4 is 28.9 Å². The van der Waals surface area contributed by atoms with Crippen LogP contribution in [0, 0.1) is 0 Å². The number of benzene rings is 1. The van der Waals surface area contributed by atoms with Crippen LogP contribution in [0.15, 0.2) is 49.2 Å². The van der Waals surface area contributed by atoms with E-state index in [1.165, 1.54) is 0 Å². The molecular formula is C15H12N4S. The van der Waals surface area contributed by atoms with Crippen LogP contribution in [0.5, 0.6) is 0 Å². The fourth-order valence-corrected chi connectivity index (χ4v) is 2.21. The molecule has 20 heavy (non-hydrogen) atoms. The molecule has 0 aliphatic rings. The Morgan fingerprint density at radius 1 is 1.25 bits per heavy atom. The van der Waals surface area contributed by atoms with Gasteiger partial charge in [-0.05, 0) is 17.7 Å². The second-order valence-corrected chi connectivity index (χ2v) is 4.75. The number of nitrogens with two attached hydrogens (primary N) is 1.